The van der Waals surface area contributed by atoms with Crippen molar-refractivity contribution in [1.82, 2.24) is 0 Å². The van der Waals surface area contributed by atoms with Gasteiger partial charge in [-0.25, -0.2) is 22.0 Å². The van der Waals surface area contributed by atoms with Crippen molar-refractivity contribution < 1.29 is 35.1 Å². The van der Waals surface area contributed by atoms with E-state index in [1.165, 1.54) is 6.92 Å². The Kier molecular flexibility index (Phi) is 3.88. The predicted octanol–water partition coefficient (Wildman–Crippen LogP) is 5.38. The van der Waals surface area contributed by atoms with Gasteiger partial charge in [-0.1, -0.05) is 6.07 Å². The van der Waals surface area contributed by atoms with Crippen LogP contribution in [0.25, 0.3) is 11.1 Å². The molecule has 22 heavy (non-hydrogen) atoms. The van der Waals surface area contributed by atoms with Crippen LogP contribution in [0.3, 0.4) is 0 Å². The molecule has 2 rings (SSSR count). The molecule has 2 aromatic rings. The van der Waals surface area contributed by atoms with E-state index in [4.69, 9.17) is 0 Å². The minimum absolute atomic E-state index is 0.0474. The van der Waals surface area contributed by atoms with Crippen LogP contribution in [0.5, 0.6) is 0 Å². The Morgan fingerprint density at radius 1 is 0.682 bits per heavy atom. The lowest BCUT2D eigenvalue weighted by Crippen LogP contribution is -2.07. The van der Waals surface area contributed by atoms with Crippen molar-refractivity contribution in [3.63, 3.8) is 0 Å². The molecule has 0 aliphatic rings. The second kappa shape index (κ2) is 5.26. The zero-order valence-electron chi connectivity index (χ0n) is 10.8. The SMILES string of the molecule is Cc1cc(-c2c(F)c(F)c(F)c(F)c2F)cc(C(F)(F)F)c1. The lowest BCUT2D eigenvalue weighted by Gasteiger charge is -2.13. The molecular weight excluding hydrogens is 320 g/mol. The molecule has 0 nitrogen and oxygen atoms in total. The van der Waals surface area contributed by atoms with Gasteiger partial charge in [0.15, 0.2) is 23.3 Å². The first-order chi connectivity index (χ1) is 10.0. The first-order valence-electron chi connectivity index (χ1n) is 5.74. The summed E-state index contributed by atoms with van der Waals surface area (Å²) in [5.74, 6) is -11.2. The van der Waals surface area contributed by atoms with Crippen molar-refractivity contribution in [2.24, 2.45) is 0 Å². The number of hydrogen-bond acceptors (Lipinski definition) is 0. The standard InChI is InChI=1S/C14H6F8/c1-5-2-6(4-7(3-5)14(20,21)22)8-9(15)11(17)13(19)12(18)10(8)16/h2-4H,1H3. The van der Waals surface area contributed by atoms with Crippen molar-refractivity contribution in [3.8, 4) is 11.1 Å². The molecule has 0 saturated heterocycles. The molecule has 0 fully saturated rings. The average Bonchev–Trinajstić information content (AvgIpc) is 2.42. The molecule has 118 valence electrons. The number of aryl methyl sites for hydroxylation is 1. The summed E-state index contributed by atoms with van der Waals surface area (Å²) in [7, 11) is 0. The second-order valence-corrected chi connectivity index (χ2v) is 4.53. The molecule has 0 atom stereocenters. The molecule has 2 aromatic carbocycles. The monoisotopic (exact) mass is 326 g/mol. The number of benzene rings is 2. The highest BCUT2D eigenvalue weighted by Crippen LogP contribution is 2.36. The minimum atomic E-state index is -4.83. The third-order valence-corrected chi connectivity index (χ3v) is 2.90. The average molecular weight is 326 g/mol. The van der Waals surface area contributed by atoms with Crippen LogP contribution in [-0.4, -0.2) is 0 Å². The van der Waals surface area contributed by atoms with E-state index in [2.05, 4.69) is 0 Å². The summed E-state index contributed by atoms with van der Waals surface area (Å²) in [6.07, 6.45) is -4.83. The summed E-state index contributed by atoms with van der Waals surface area (Å²) in [4.78, 5) is 0. The summed E-state index contributed by atoms with van der Waals surface area (Å²) in [5.41, 5.74) is -3.45. The van der Waals surface area contributed by atoms with Gasteiger partial charge >= 0.3 is 6.18 Å². The topological polar surface area (TPSA) is 0 Å². The van der Waals surface area contributed by atoms with Gasteiger partial charge in [0, 0.05) is 0 Å². The first kappa shape index (κ1) is 16.3. The van der Waals surface area contributed by atoms with Crippen LogP contribution in [0.15, 0.2) is 18.2 Å². The number of alkyl halides is 3. The summed E-state index contributed by atoms with van der Waals surface area (Å²) in [5, 5.41) is 0. The van der Waals surface area contributed by atoms with Gasteiger partial charge in [-0.05, 0) is 30.2 Å². The summed E-state index contributed by atoms with van der Waals surface area (Å²) in [6, 6.07) is 1.91. The fourth-order valence-electron chi connectivity index (χ4n) is 1.95. The van der Waals surface area contributed by atoms with E-state index in [0.717, 1.165) is 6.07 Å². The van der Waals surface area contributed by atoms with Gasteiger partial charge in [-0.15, -0.1) is 0 Å². The summed E-state index contributed by atoms with van der Waals surface area (Å²) in [6.45, 7) is 1.20. The lowest BCUT2D eigenvalue weighted by molar-refractivity contribution is -0.137. The molecular formula is C14H6F8. The second-order valence-electron chi connectivity index (χ2n) is 4.53. The van der Waals surface area contributed by atoms with Crippen molar-refractivity contribution in [2.45, 2.75) is 13.1 Å². The van der Waals surface area contributed by atoms with Crippen molar-refractivity contribution in [1.29, 1.82) is 0 Å². The fraction of sp³-hybridized carbons (Fsp3) is 0.143. The molecule has 0 amide bonds. The van der Waals surface area contributed by atoms with Crippen LogP contribution in [0, 0.1) is 36.0 Å². The van der Waals surface area contributed by atoms with Crippen LogP contribution in [0.4, 0.5) is 35.1 Å². The van der Waals surface area contributed by atoms with Crippen molar-refractivity contribution in [3.05, 3.63) is 58.4 Å². The van der Waals surface area contributed by atoms with Gasteiger partial charge in [0.2, 0.25) is 5.82 Å². The Morgan fingerprint density at radius 3 is 1.59 bits per heavy atom. The third-order valence-electron chi connectivity index (χ3n) is 2.90. The molecule has 0 N–H and O–H groups in total. The van der Waals surface area contributed by atoms with Crippen LogP contribution in [0.2, 0.25) is 0 Å². The molecule has 0 unspecified atom stereocenters. The summed E-state index contributed by atoms with van der Waals surface area (Å²) >= 11 is 0. The van der Waals surface area contributed by atoms with Gasteiger partial charge < -0.3 is 0 Å². The number of hydrogen-bond donors (Lipinski definition) is 0. The Hall–Kier alpha value is -2.12. The lowest BCUT2D eigenvalue weighted by atomic mass is 9.98. The number of rotatable bonds is 1. The number of halogens is 8. The molecule has 0 aromatic heterocycles. The minimum Gasteiger partial charge on any atom is -0.203 e. The first-order valence-corrected chi connectivity index (χ1v) is 5.74. The molecule has 8 heteroatoms. The predicted molar refractivity (Wildman–Crippen MR) is 61.4 cm³/mol. The van der Waals surface area contributed by atoms with Gasteiger partial charge in [0.05, 0.1) is 11.1 Å². The highest BCUT2D eigenvalue weighted by Gasteiger charge is 2.32. The summed E-state index contributed by atoms with van der Waals surface area (Å²) < 4.78 is 105. The van der Waals surface area contributed by atoms with Gasteiger partial charge in [-0.2, -0.15) is 13.2 Å². The van der Waals surface area contributed by atoms with Gasteiger partial charge in [0.1, 0.15) is 0 Å². The third kappa shape index (κ3) is 2.65. The van der Waals surface area contributed by atoms with E-state index < -0.39 is 52.0 Å². The smallest absolute Gasteiger partial charge is 0.203 e. The zero-order valence-corrected chi connectivity index (χ0v) is 10.8. The van der Waals surface area contributed by atoms with Gasteiger partial charge in [0.25, 0.3) is 0 Å². The molecule has 0 saturated carbocycles. The Bertz CT molecular complexity index is 716. The highest BCUT2D eigenvalue weighted by atomic mass is 19.4. The Labute approximate surface area is 119 Å². The molecule has 0 bridgehead atoms. The molecule has 0 radical (unpaired) electrons. The van der Waals surface area contributed by atoms with Crippen LogP contribution in [0.1, 0.15) is 11.1 Å². The molecule has 0 heterocycles. The van der Waals surface area contributed by atoms with E-state index in [9.17, 15) is 35.1 Å². The van der Waals surface area contributed by atoms with Crippen LogP contribution in [-0.2, 0) is 6.18 Å². The normalized spacial score (nSPS) is 11.9. The molecule has 0 spiro atoms. The van der Waals surface area contributed by atoms with Crippen molar-refractivity contribution in [2.75, 3.05) is 0 Å². The fourth-order valence-corrected chi connectivity index (χ4v) is 1.95. The Balaban J connectivity index is 2.81. The van der Waals surface area contributed by atoms with Gasteiger partial charge in [-0.3, -0.25) is 0 Å². The molecule has 0 aliphatic carbocycles. The van der Waals surface area contributed by atoms with E-state index >= 15 is 0 Å². The largest absolute Gasteiger partial charge is 0.416 e. The maximum Gasteiger partial charge on any atom is 0.416 e. The van der Waals surface area contributed by atoms with Crippen LogP contribution < -0.4 is 0 Å². The van der Waals surface area contributed by atoms with E-state index in [1.807, 2.05) is 0 Å². The van der Waals surface area contributed by atoms with E-state index in [0.29, 0.717) is 12.1 Å². The highest BCUT2D eigenvalue weighted by molar-refractivity contribution is 5.67. The van der Waals surface area contributed by atoms with Crippen LogP contribution >= 0.6 is 0 Å². The maximum absolute atomic E-state index is 13.6. The van der Waals surface area contributed by atoms with E-state index in [1.54, 1.807) is 0 Å². The maximum atomic E-state index is 13.6. The van der Waals surface area contributed by atoms with E-state index in [-0.39, 0.29) is 5.56 Å². The quantitative estimate of drug-likeness (QED) is 0.375. The van der Waals surface area contributed by atoms with Crippen molar-refractivity contribution >= 4 is 0 Å². The molecule has 0 aliphatic heterocycles. The Morgan fingerprint density at radius 2 is 1.14 bits per heavy atom. The zero-order chi connectivity index (χ0) is 16.8.